The number of nitrogens with zero attached hydrogens (tertiary/aromatic N) is 2. The third-order valence-electron chi connectivity index (χ3n) is 7.56. The van der Waals surface area contributed by atoms with Crippen LogP contribution in [0.5, 0.6) is 5.75 Å². The van der Waals surface area contributed by atoms with E-state index in [9.17, 15) is 14.7 Å². The molecule has 1 heterocycles. The quantitative estimate of drug-likeness (QED) is 0.139. The van der Waals surface area contributed by atoms with Crippen LogP contribution in [0, 0.1) is 0 Å². The number of carbonyl (C=O) groups is 1. The molecular weight excluding hydrogens is 616 g/mol. The van der Waals surface area contributed by atoms with Gasteiger partial charge in [0.2, 0.25) is 5.91 Å². The maximum absolute atomic E-state index is 13.2. The lowest BCUT2D eigenvalue weighted by Crippen LogP contribution is -2.42. The first-order chi connectivity index (χ1) is 20.0. The molecule has 228 valence electrons. The average Bonchev–Trinajstić information content (AvgIpc) is 3.39. The Labute approximate surface area is 262 Å². The van der Waals surface area contributed by atoms with Gasteiger partial charge < -0.3 is 29.9 Å². The summed E-state index contributed by atoms with van der Waals surface area (Å²) in [6, 6.07) is 18.2. The van der Waals surface area contributed by atoms with Gasteiger partial charge in [-0.25, -0.2) is 0 Å². The first-order valence-corrected chi connectivity index (χ1v) is 15.4. The van der Waals surface area contributed by atoms with Crippen LogP contribution in [0.3, 0.4) is 0 Å². The summed E-state index contributed by atoms with van der Waals surface area (Å²) in [7, 11) is 0. The zero-order valence-corrected chi connectivity index (χ0v) is 27.1. The number of likely N-dealkylation sites (N-methyl/N-ethyl adjacent to an activating group) is 1. The summed E-state index contributed by atoms with van der Waals surface area (Å²) in [5, 5.41) is 15.9. The molecule has 0 fully saturated rings. The van der Waals surface area contributed by atoms with Crippen molar-refractivity contribution in [2.24, 2.45) is 0 Å². The van der Waals surface area contributed by atoms with Crippen molar-refractivity contribution in [2.75, 3.05) is 59.0 Å². The first-order valence-electron chi connectivity index (χ1n) is 14.6. The van der Waals surface area contributed by atoms with Crippen LogP contribution in [-0.4, -0.2) is 84.8 Å². The summed E-state index contributed by atoms with van der Waals surface area (Å²) < 4.78 is 6.70. The van der Waals surface area contributed by atoms with Crippen molar-refractivity contribution >= 4 is 55.2 Å². The van der Waals surface area contributed by atoms with E-state index >= 15 is 0 Å². The third kappa shape index (κ3) is 9.37. The Balaban J connectivity index is 0.00000484. The predicted molar refractivity (Wildman–Crippen MR) is 178 cm³/mol. The van der Waals surface area contributed by atoms with Gasteiger partial charge >= 0.3 is 4.87 Å². The van der Waals surface area contributed by atoms with E-state index in [2.05, 4.69) is 71.5 Å². The second-order valence-electron chi connectivity index (χ2n) is 10.1. The number of phenolic OH excluding ortho intramolecular Hbond substituents is 1. The number of halogens is 1. The fourth-order valence-electron chi connectivity index (χ4n) is 5.11. The third-order valence-corrected chi connectivity index (χ3v) is 8.52. The lowest BCUT2D eigenvalue weighted by Gasteiger charge is -2.27. The first kappa shape index (κ1) is 33.7. The van der Waals surface area contributed by atoms with Crippen LogP contribution >= 0.6 is 28.3 Å². The zero-order valence-electron chi connectivity index (χ0n) is 24.6. The number of rotatable bonds is 17. The van der Waals surface area contributed by atoms with Crippen LogP contribution in [0.25, 0.3) is 21.0 Å². The highest BCUT2D eigenvalue weighted by Crippen LogP contribution is 2.27. The molecule has 0 radical (unpaired) electrons. The molecule has 42 heavy (non-hydrogen) atoms. The number of ether oxygens (including phenoxy) is 1. The van der Waals surface area contributed by atoms with Gasteiger partial charge in [0, 0.05) is 26.2 Å². The normalized spacial score (nSPS) is 11.3. The number of aromatic hydroxyl groups is 1. The Morgan fingerprint density at radius 1 is 0.929 bits per heavy atom. The van der Waals surface area contributed by atoms with Crippen LogP contribution in [0.15, 0.2) is 59.4 Å². The molecule has 4 rings (SSSR count). The van der Waals surface area contributed by atoms with Gasteiger partial charge in [-0.1, -0.05) is 73.7 Å². The second kappa shape index (κ2) is 17.4. The minimum Gasteiger partial charge on any atom is -0.506 e. The molecule has 1 aromatic heterocycles. The molecule has 0 aliphatic heterocycles. The zero-order chi connectivity index (χ0) is 29.0. The van der Waals surface area contributed by atoms with Crippen molar-refractivity contribution in [1.29, 1.82) is 0 Å². The summed E-state index contributed by atoms with van der Waals surface area (Å²) in [6.45, 7) is 10.7. The van der Waals surface area contributed by atoms with Gasteiger partial charge in [-0.2, -0.15) is 0 Å². The number of phenols is 1. The SMILES string of the molecule is Br.CCN(CC)CCN(CCNCCc1ccc(O)c2[nH]c(=O)sc12)C(=O)CCOCCc1cccc2ccccc12. The monoisotopic (exact) mass is 658 g/mol. The smallest absolute Gasteiger partial charge is 0.305 e. The Morgan fingerprint density at radius 2 is 1.71 bits per heavy atom. The van der Waals surface area contributed by atoms with Gasteiger partial charge in [-0.15, -0.1) is 17.0 Å². The van der Waals surface area contributed by atoms with Gasteiger partial charge in [0.15, 0.2) is 0 Å². The minimum absolute atomic E-state index is 0. The minimum atomic E-state index is -0.171. The largest absolute Gasteiger partial charge is 0.506 e. The van der Waals surface area contributed by atoms with E-state index in [0.717, 1.165) is 54.1 Å². The van der Waals surface area contributed by atoms with E-state index in [1.165, 1.54) is 16.3 Å². The van der Waals surface area contributed by atoms with Crippen LogP contribution in [0.1, 0.15) is 31.4 Å². The molecule has 0 atom stereocenters. The van der Waals surface area contributed by atoms with Crippen LogP contribution in [0.2, 0.25) is 0 Å². The number of amides is 1. The highest BCUT2D eigenvalue weighted by molar-refractivity contribution is 8.93. The molecule has 1 amide bonds. The maximum Gasteiger partial charge on any atom is 0.305 e. The number of aromatic nitrogens is 1. The molecule has 0 saturated carbocycles. The van der Waals surface area contributed by atoms with Gasteiger partial charge in [0.1, 0.15) is 11.3 Å². The number of carbonyl (C=O) groups excluding carboxylic acids is 1. The fourth-order valence-corrected chi connectivity index (χ4v) is 6.00. The van der Waals surface area contributed by atoms with Crippen molar-refractivity contribution in [1.82, 2.24) is 20.1 Å². The predicted octanol–water partition coefficient (Wildman–Crippen LogP) is 4.98. The molecule has 0 aliphatic carbocycles. The Morgan fingerprint density at radius 3 is 2.52 bits per heavy atom. The van der Waals surface area contributed by atoms with Gasteiger partial charge in [0.05, 0.1) is 24.3 Å². The highest BCUT2D eigenvalue weighted by Gasteiger charge is 2.15. The van der Waals surface area contributed by atoms with Gasteiger partial charge in [-0.3, -0.25) is 9.59 Å². The number of fused-ring (bicyclic) bond motifs is 2. The molecular formula is C32H43BrN4O4S. The van der Waals surface area contributed by atoms with Gasteiger partial charge in [0.25, 0.3) is 0 Å². The van der Waals surface area contributed by atoms with Crippen molar-refractivity contribution < 1.29 is 14.6 Å². The molecule has 3 aromatic carbocycles. The van der Waals surface area contributed by atoms with Crippen LogP contribution in [-0.2, 0) is 22.4 Å². The number of benzene rings is 3. The number of thiazole rings is 1. The molecule has 10 heteroatoms. The van der Waals surface area contributed by atoms with Crippen LogP contribution in [0.4, 0.5) is 0 Å². The molecule has 4 aromatic rings. The van der Waals surface area contributed by atoms with Crippen molar-refractivity contribution in [2.45, 2.75) is 33.1 Å². The molecule has 0 aliphatic rings. The summed E-state index contributed by atoms with van der Waals surface area (Å²) in [6.07, 6.45) is 1.91. The summed E-state index contributed by atoms with van der Waals surface area (Å²) in [5.41, 5.74) is 2.79. The Hall–Kier alpha value is -2.76. The van der Waals surface area contributed by atoms with Crippen molar-refractivity contribution in [3.8, 4) is 5.75 Å². The Bertz CT molecular complexity index is 1460. The van der Waals surface area contributed by atoms with Crippen molar-refractivity contribution in [3.05, 3.63) is 75.4 Å². The highest BCUT2D eigenvalue weighted by atomic mass is 79.9. The van der Waals surface area contributed by atoms with E-state index in [1.807, 2.05) is 11.0 Å². The van der Waals surface area contributed by atoms with Gasteiger partial charge in [-0.05, 0) is 60.4 Å². The van der Waals surface area contributed by atoms with E-state index in [1.54, 1.807) is 6.07 Å². The van der Waals surface area contributed by atoms with Crippen molar-refractivity contribution in [3.63, 3.8) is 0 Å². The average molecular weight is 660 g/mol. The molecule has 0 saturated heterocycles. The molecule has 0 unspecified atom stereocenters. The summed E-state index contributed by atoms with van der Waals surface area (Å²) >= 11 is 1.12. The van der Waals surface area contributed by atoms with E-state index in [-0.39, 0.29) is 33.5 Å². The lowest BCUT2D eigenvalue weighted by atomic mass is 10.0. The molecule has 0 bridgehead atoms. The number of hydrogen-bond donors (Lipinski definition) is 3. The second-order valence-corrected chi connectivity index (χ2v) is 11.1. The number of aromatic amines is 1. The number of H-pyrrole nitrogens is 1. The molecule has 3 N–H and O–H groups in total. The summed E-state index contributed by atoms with van der Waals surface area (Å²) in [5.74, 6) is 0.205. The maximum atomic E-state index is 13.2. The topological polar surface area (TPSA) is 97.9 Å². The van der Waals surface area contributed by atoms with Crippen LogP contribution < -0.4 is 10.2 Å². The molecule has 0 spiro atoms. The fraction of sp³-hybridized carbons (Fsp3) is 0.438. The van der Waals surface area contributed by atoms with E-state index in [0.29, 0.717) is 51.3 Å². The van der Waals surface area contributed by atoms with E-state index < -0.39 is 0 Å². The number of hydrogen-bond acceptors (Lipinski definition) is 7. The standard InChI is InChI=1S/C32H42N4O4S.BrH/c1-3-35(4-2)20-21-36(19-18-33-17-14-26-12-13-28(37)30-31(26)41-32(39)34-30)29(38)16-23-40-22-15-25-10-7-9-24-8-5-6-11-27(24)25;/h5-13,33,37H,3-4,14-23H2,1-2H3,(H,34,39);1H. The Kier molecular flexibility index (Phi) is 14.0. The lowest BCUT2D eigenvalue weighted by molar-refractivity contribution is -0.132. The summed E-state index contributed by atoms with van der Waals surface area (Å²) in [4.78, 5) is 31.7. The molecule has 8 nitrogen and oxygen atoms in total. The number of nitrogens with one attached hydrogen (secondary N) is 2. The van der Waals surface area contributed by atoms with E-state index in [4.69, 9.17) is 4.74 Å².